The van der Waals surface area contributed by atoms with Gasteiger partial charge in [-0.2, -0.15) is 0 Å². The maximum Gasteiger partial charge on any atom is 0.257 e. The highest BCUT2D eigenvalue weighted by Crippen LogP contribution is 2.23. The van der Waals surface area contributed by atoms with Gasteiger partial charge in [-0.15, -0.1) is 0 Å². The monoisotopic (exact) mass is 281 g/mol. The Morgan fingerprint density at radius 3 is 2.30 bits per heavy atom. The minimum Gasteiger partial charge on any atom is -0.349 e. The standard InChI is InChI=1S/C15H18F2N2O/c1-19-10-5-6-11(19)8-9(7-10)18-15(20)14-12(16)3-2-4-13(14)17/h2-4,9-11H,5-8H2,1H3,(H,18,20)/p+1/t9?,10-,11+. The van der Waals surface area contributed by atoms with Gasteiger partial charge in [-0.05, 0) is 12.1 Å². The van der Waals surface area contributed by atoms with Gasteiger partial charge in [-0.3, -0.25) is 4.79 Å². The number of piperidine rings is 1. The summed E-state index contributed by atoms with van der Waals surface area (Å²) in [5, 5.41) is 2.81. The first-order valence-electron chi connectivity index (χ1n) is 7.14. The van der Waals surface area contributed by atoms with E-state index in [1.807, 2.05) is 0 Å². The lowest BCUT2D eigenvalue weighted by Crippen LogP contribution is -3.15. The van der Waals surface area contributed by atoms with Gasteiger partial charge in [0.2, 0.25) is 0 Å². The summed E-state index contributed by atoms with van der Waals surface area (Å²) in [6.45, 7) is 0. The van der Waals surface area contributed by atoms with E-state index < -0.39 is 23.1 Å². The van der Waals surface area contributed by atoms with Crippen molar-refractivity contribution >= 4 is 5.91 Å². The Hall–Kier alpha value is -1.49. The van der Waals surface area contributed by atoms with Crippen LogP contribution in [-0.4, -0.2) is 31.1 Å². The molecule has 2 aliphatic rings. The van der Waals surface area contributed by atoms with Crippen molar-refractivity contribution in [2.75, 3.05) is 7.05 Å². The highest BCUT2D eigenvalue weighted by Gasteiger charge is 2.42. The van der Waals surface area contributed by atoms with E-state index in [1.54, 1.807) is 0 Å². The van der Waals surface area contributed by atoms with Crippen LogP contribution in [0.2, 0.25) is 0 Å². The average molecular weight is 281 g/mol. The zero-order valence-corrected chi connectivity index (χ0v) is 11.5. The van der Waals surface area contributed by atoms with Crippen LogP contribution in [0, 0.1) is 11.6 Å². The molecule has 1 aromatic rings. The van der Waals surface area contributed by atoms with Crippen molar-refractivity contribution in [2.24, 2.45) is 0 Å². The normalized spacial score (nSPS) is 32.1. The van der Waals surface area contributed by atoms with E-state index in [1.165, 1.54) is 23.8 Å². The van der Waals surface area contributed by atoms with Crippen LogP contribution in [0.3, 0.4) is 0 Å². The third kappa shape index (κ3) is 2.30. The van der Waals surface area contributed by atoms with Gasteiger partial charge in [0, 0.05) is 31.7 Å². The summed E-state index contributed by atoms with van der Waals surface area (Å²) in [5.41, 5.74) is -0.467. The smallest absolute Gasteiger partial charge is 0.257 e. The third-order valence-corrected chi connectivity index (χ3v) is 4.81. The van der Waals surface area contributed by atoms with E-state index in [4.69, 9.17) is 0 Å². The molecule has 0 aromatic heterocycles. The van der Waals surface area contributed by atoms with Crippen LogP contribution < -0.4 is 10.2 Å². The van der Waals surface area contributed by atoms with E-state index in [9.17, 15) is 13.6 Å². The molecule has 0 aliphatic carbocycles. The lowest BCUT2D eigenvalue weighted by Gasteiger charge is -2.33. The van der Waals surface area contributed by atoms with Crippen LogP contribution in [0.25, 0.3) is 0 Å². The van der Waals surface area contributed by atoms with Crippen LogP contribution in [0.5, 0.6) is 0 Å². The van der Waals surface area contributed by atoms with Gasteiger partial charge in [0.15, 0.2) is 0 Å². The molecule has 0 spiro atoms. The number of amides is 1. The number of rotatable bonds is 2. The van der Waals surface area contributed by atoms with Crippen molar-refractivity contribution in [1.82, 2.24) is 5.32 Å². The van der Waals surface area contributed by atoms with Crippen LogP contribution >= 0.6 is 0 Å². The number of nitrogens with one attached hydrogen (secondary N) is 2. The number of hydrogen-bond donors (Lipinski definition) is 2. The molecule has 3 rings (SSSR count). The number of fused-ring (bicyclic) bond motifs is 2. The number of carbonyl (C=O) groups is 1. The Bertz CT molecular complexity index is 500. The molecule has 2 N–H and O–H groups in total. The first-order chi connectivity index (χ1) is 9.56. The molecule has 3 nitrogen and oxygen atoms in total. The lowest BCUT2D eigenvalue weighted by molar-refractivity contribution is -0.922. The van der Waals surface area contributed by atoms with Crippen molar-refractivity contribution in [2.45, 2.75) is 43.8 Å². The van der Waals surface area contributed by atoms with E-state index in [-0.39, 0.29) is 6.04 Å². The molecule has 0 saturated carbocycles. The summed E-state index contributed by atoms with van der Waals surface area (Å²) >= 11 is 0. The molecule has 2 bridgehead atoms. The van der Waals surface area contributed by atoms with Crippen molar-refractivity contribution < 1.29 is 18.5 Å². The summed E-state index contributed by atoms with van der Waals surface area (Å²) in [6, 6.07) is 4.64. The first kappa shape index (κ1) is 13.5. The van der Waals surface area contributed by atoms with Crippen molar-refractivity contribution in [3.63, 3.8) is 0 Å². The van der Waals surface area contributed by atoms with Crippen LogP contribution in [0.1, 0.15) is 36.0 Å². The molecule has 20 heavy (non-hydrogen) atoms. The zero-order valence-electron chi connectivity index (χ0n) is 11.5. The largest absolute Gasteiger partial charge is 0.349 e. The van der Waals surface area contributed by atoms with Crippen molar-refractivity contribution in [1.29, 1.82) is 0 Å². The second kappa shape index (κ2) is 5.13. The summed E-state index contributed by atoms with van der Waals surface area (Å²) < 4.78 is 27.2. The molecule has 2 heterocycles. The van der Waals surface area contributed by atoms with Gasteiger partial charge >= 0.3 is 0 Å². The molecule has 2 saturated heterocycles. The summed E-state index contributed by atoms with van der Waals surface area (Å²) in [7, 11) is 2.19. The predicted molar refractivity (Wildman–Crippen MR) is 70.5 cm³/mol. The number of quaternary nitrogens is 1. The Labute approximate surface area is 117 Å². The van der Waals surface area contributed by atoms with Gasteiger partial charge in [0.1, 0.15) is 17.2 Å². The Kier molecular flexibility index (Phi) is 3.46. The second-order valence-corrected chi connectivity index (χ2v) is 5.95. The Morgan fingerprint density at radius 1 is 1.20 bits per heavy atom. The fourth-order valence-electron chi connectivity index (χ4n) is 3.67. The van der Waals surface area contributed by atoms with Gasteiger partial charge in [0.05, 0.1) is 19.1 Å². The summed E-state index contributed by atoms with van der Waals surface area (Å²) in [6.07, 6.45) is 4.14. The molecular formula is C15H19F2N2O+. The maximum atomic E-state index is 13.6. The summed E-state index contributed by atoms with van der Waals surface area (Å²) in [4.78, 5) is 13.6. The summed E-state index contributed by atoms with van der Waals surface area (Å²) in [5.74, 6) is -2.24. The van der Waals surface area contributed by atoms with E-state index in [0.29, 0.717) is 12.1 Å². The van der Waals surface area contributed by atoms with E-state index >= 15 is 0 Å². The first-order valence-corrected chi connectivity index (χ1v) is 7.14. The van der Waals surface area contributed by atoms with E-state index in [0.717, 1.165) is 25.0 Å². The molecule has 0 radical (unpaired) electrons. The van der Waals surface area contributed by atoms with Crippen LogP contribution in [0.4, 0.5) is 8.78 Å². The number of benzene rings is 1. The molecule has 2 aliphatic heterocycles. The second-order valence-electron chi connectivity index (χ2n) is 5.95. The molecule has 1 amide bonds. The molecule has 1 aromatic carbocycles. The molecular weight excluding hydrogens is 262 g/mol. The number of halogens is 2. The fraction of sp³-hybridized carbons (Fsp3) is 0.533. The molecule has 108 valence electrons. The molecule has 5 heteroatoms. The Morgan fingerprint density at radius 2 is 1.75 bits per heavy atom. The molecule has 2 fully saturated rings. The molecule has 4 atom stereocenters. The van der Waals surface area contributed by atoms with Gasteiger partial charge in [-0.25, -0.2) is 8.78 Å². The third-order valence-electron chi connectivity index (χ3n) is 4.81. The Balaban J connectivity index is 1.71. The fourth-order valence-corrected chi connectivity index (χ4v) is 3.67. The van der Waals surface area contributed by atoms with Gasteiger partial charge < -0.3 is 10.2 Å². The topological polar surface area (TPSA) is 33.5 Å². The quantitative estimate of drug-likeness (QED) is 0.830. The SMILES string of the molecule is C[NH+]1[C@@H]2CC[C@H]1CC(NC(=O)c1c(F)cccc1F)C2. The van der Waals surface area contributed by atoms with Crippen molar-refractivity contribution in [3.8, 4) is 0 Å². The predicted octanol–water partition coefficient (Wildman–Crippen LogP) is 0.903. The van der Waals surface area contributed by atoms with Crippen LogP contribution in [0.15, 0.2) is 18.2 Å². The zero-order chi connectivity index (χ0) is 14.3. The number of carbonyl (C=O) groups excluding carboxylic acids is 1. The lowest BCUT2D eigenvalue weighted by atomic mass is 9.97. The minimum atomic E-state index is -0.802. The van der Waals surface area contributed by atoms with Gasteiger partial charge in [-0.1, -0.05) is 6.07 Å². The van der Waals surface area contributed by atoms with E-state index in [2.05, 4.69) is 12.4 Å². The minimum absolute atomic E-state index is 0.0303. The highest BCUT2D eigenvalue weighted by molar-refractivity contribution is 5.94. The van der Waals surface area contributed by atoms with Crippen molar-refractivity contribution in [3.05, 3.63) is 35.4 Å². The average Bonchev–Trinajstić information content (AvgIpc) is 2.62. The maximum absolute atomic E-state index is 13.6. The number of hydrogen-bond acceptors (Lipinski definition) is 1. The van der Waals surface area contributed by atoms with Crippen LogP contribution in [-0.2, 0) is 0 Å². The molecule has 2 unspecified atom stereocenters. The highest BCUT2D eigenvalue weighted by atomic mass is 19.1. The van der Waals surface area contributed by atoms with Gasteiger partial charge in [0.25, 0.3) is 5.91 Å².